The van der Waals surface area contributed by atoms with Crippen molar-refractivity contribution in [2.75, 3.05) is 13.2 Å². The van der Waals surface area contributed by atoms with Gasteiger partial charge < -0.3 is 10.1 Å². The van der Waals surface area contributed by atoms with Crippen molar-refractivity contribution in [3.05, 3.63) is 12.2 Å². The lowest BCUT2D eigenvalue weighted by atomic mass is 10.0. The van der Waals surface area contributed by atoms with Crippen LogP contribution in [0.2, 0.25) is 0 Å². The topological polar surface area (TPSA) is 38.3 Å². The molecule has 0 spiro atoms. The molecule has 1 aliphatic rings. The van der Waals surface area contributed by atoms with Gasteiger partial charge in [-0.05, 0) is 38.5 Å². The third-order valence-corrected chi connectivity index (χ3v) is 3.53. The molecule has 1 N–H and O–H groups in total. The number of esters is 1. The number of ether oxygens (including phenoxy) is 1. The molecule has 0 saturated heterocycles. The Morgan fingerprint density at radius 2 is 2.05 bits per heavy atom. The van der Waals surface area contributed by atoms with Crippen LogP contribution in [0.4, 0.5) is 0 Å². The highest BCUT2D eigenvalue weighted by Crippen LogP contribution is 2.10. The Balaban J connectivity index is 2.35. The fraction of sp³-hybridized carbons (Fsp3) is 0.812. The fourth-order valence-electron chi connectivity index (χ4n) is 2.45. The van der Waals surface area contributed by atoms with Crippen LogP contribution in [0.1, 0.15) is 64.7 Å². The molecule has 3 heteroatoms. The number of allylic oxidation sites excluding steroid dienone is 2. The first-order valence-electron chi connectivity index (χ1n) is 7.87. The molecule has 1 heterocycles. The van der Waals surface area contributed by atoms with E-state index in [1.54, 1.807) is 0 Å². The summed E-state index contributed by atoms with van der Waals surface area (Å²) in [7, 11) is 0. The average Bonchev–Trinajstić information content (AvgIpc) is 2.41. The summed E-state index contributed by atoms with van der Waals surface area (Å²) in [5, 5.41) is 3.52. The molecular weight excluding hydrogens is 238 g/mol. The Kier molecular flexibility index (Phi) is 9.42. The van der Waals surface area contributed by atoms with E-state index < -0.39 is 0 Å². The van der Waals surface area contributed by atoms with E-state index in [4.69, 9.17) is 4.74 Å². The minimum absolute atomic E-state index is 0.0582. The van der Waals surface area contributed by atoms with Crippen molar-refractivity contribution >= 4 is 5.97 Å². The molecule has 1 atom stereocenters. The number of rotatable bonds is 2. The molecule has 0 fully saturated rings. The standard InChI is InChI=1S/C16H29NO2/c1-2-10-15-11-8-6-4-3-5-7-9-12-16(18)19-14-13-17-15/h3,5,15,17H,2,4,6-14H2,1H3. The van der Waals surface area contributed by atoms with Crippen molar-refractivity contribution < 1.29 is 9.53 Å². The second kappa shape index (κ2) is 11.0. The number of nitrogens with one attached hydrogen (secondary N) is 1. The Morgan fingerprint density at radius 1 is 1.26 bits per heavy atom. The van der Waals surface area contributed by atoms with Crippen molar-refractivity contribution in [3.63, 3.8) is 0 Å². The molecule has 0 bridgehead atoms. The molecule has 0 aromatic carbocycles. The summed E-state index contributed by atoms with van der Waals surface area (Å²) < 4.78 is 5.22. The van der Waals surface area contributed by atoms with Crippen molar-refractivity contribution in [2.24, 2.45) is 0 Å². The van der Waals surface area contributed by atoms with E-state index in [0.29, 0.717) is 19.1 Å². The summed E-state index contributed by atoms with van der Waals surface area (Å²) in [6.07, 6.45) is 14.3. The van der Waals surface area contributed by atoms with Gasteiger partial charge in [-0.1, -0.05) is 31.9 Å². The maximum Gasteiger partial charge on any atom is 0.305 e. The van der Waals surface area contributed by atoms with Crippen LogP contribution < -0.4 is 5.32 Å². The average molecular weight is 267 g/mol. The Morgan fingerprint density at radius 3 is 2.84 bits per heavy atom. The van der Waals surface area contributed by atoms with E-state index in [1.807, 2.05) is 0 Å². The first kappa shape index (κ1) is 16.2. The zero-order valence-corrected chi connectivity index (χ0v) is 12.3. The van der Waals surface area contributed by atoms with Crippen LogP contribution in [0.5, 0.6) is 0 Å². The molecule has 0 amide bonds. The summed E-state index contributed by atoms with van der Waals surface area (Å²) in [6, 6.07) is 0.581. The second-order valence-corrected chi connectivity index (χ2v) is 5.31. The Bertz CT molecular complexity index is 263. The molecule has 110 valence electrons. The van der Waals surface area contributed by atoms with Gasteiger partial charge in [-0.15, -0.1) is 0 Å². The maximum absolute atomic E-state index is 11.5. The van der Waals surface area contributed by atoms with Gasteiger partial charge in [-0.2, -0.15) is 0 Å². The first-order valence-corrected chi connectivity index (χ1v) is 7.87. The fourth-order valence-corrected chi connectivity index (χ4v) is 2.45. The van der Waals surface area contributed by atoms with Crippen LogP contribution in [0.3, 0.4) is 0 Å². The maximum atomic E-state index is 11.5. The predicted octanol–water partition coefficient (Wildman–Crippen LogP) is 3.59. The second-order valence-electron chi connectivity index (χ2n) is 5.31. The van der Waals surface area contributed by atoms with Crippen molar-refractivity contribution in [1.29, 1.82) is 0 Å². The molecule has 0 radical (unpaired) electrons. The number of cyclic esters (lactones) is 1. The Labute approximate surface area is 117 Å². The molecule has 0 saturated carbocycles. The SMILES string of the molecule is CCCC1CCCCC=CCCCC(=O)OCCN1. The normalized spacial score (nSPS) is 24.3. The third kappa shape index (κ3) is 8.82. The van der Waals surface area contributed by atoms with Gasteiger partial charge in [0.1, 0.15) is 6.61 Å². The third-order valence-electron chi connectivity index (χ3n) is 3.53. The molecule has 1 unspecified atom stereocenters. The molecule has 3 nitrogen and oxygen atoms in total. The van der Waals surface area contributed by atoms with Crippen LogP contribution in [-0.4, -0.2) is 25.2 Å². The van der Waals surface area contributed by atoms with Gasteiger partial charge >= 0.3 is 5.97 Å². The number of carbonyl (C=O) groups excluding carboxylic acids is 1. The van der Waals surface area contributed by atoms with Crippen molar-refractivity contribution in [2.45, 2.75) is 70.8 Å². The lowest BCUT2D eigenvalue weighted by Gasteiger charge is -2.17. The van der Waals surface area contributed by atoms with Gasteiger partial charge in [0.15, 0.2) is 0 Å². The van der Waals surface area contributed by atoms with E-state index in [2.05, 4.69) is 24.4 Å². The van der Waals surface area contributed by atoms with Crippen molar-refractivity contribution in [3.8, 4) is 0 Å². The minimum atomic E-state index is -0.0582. The van der Waals surface area contributed by atoms with E-state index in [0.717, 1.165) is 19.4 Å². The smallest absolute Gasteiger partial charge is 0.305 e. The molecule has 0 aromatic rings. The van der Waals surface area contributed by atoms with Crippen LogP contribution in [0, 0.1) is 0 Å². The molecule has 1 aliphatic heterocycles. The van der Waals surface area contributed by atoms with Crippen LogP contribution in [-0.2, 0) is 9.53 Å². The van der Waals surface area contributed by atoms with Gasteiger partial charge in [-0.3, -0.25) is 4.79 Å². The number of carbonyl (C=O) groups is 1. The molecular formula is C16H29NO2. The molecule has 0 aliphatic carbocycles. The van der Waals surface area contributed by atoms with Crippen LogP contribution >= 0.6 is 0 Å². The minimum Gasteiger partial charge on any atom is -0.464 e. The highest BCUT2D eigenvalue weighted by molar-refractivity contribution is 5.69. The monoisotopic (exact) mass is 267 g/mol. The largest absolute Gasteiger partial charge is 0.464 e. The molecule has 19 heavy (non-hydrogen) atoms. The van der Waals surface area contributed by atoms with Crippen molar-refractivity contribution in [1.82, 2.24) is 5.32 Å². The molecule has 0 aromatic heterocycles. The molecule has 1 rings (SSSR count). The van der Waals surface area contributed by atoms with Gasteiger partial charge in [0.25, 0.3) is 0 Å². The summed E-state index contributed by atoms with van der Waals surface area (Å²) in [5.74, 6) is -0.0582. The highest BCUT2D eigenvalue weighted by atomic mass is 16.5. The number of hydrogen-bond acceptors (Lipinski definition) is 3. The van der Waals surface area contributed by atoms with Gasteiger partial charge in [0.05, 0.1) is 0 Å². The quantitative estimate of drug-likeness (QED) is 0.614. The van der Waals surface area contributed by atoms with E-state index >= 15 is 0 Å². The lowest BCUT2D eigenvalue weighted by Crippen LogP contribution is -2.32. The van der Waals surface area contributed by atoms with E-state index in [-0.39, 0.29) is 5.97 Å². The van der Waals surface area contributed by atoms with E-state index in [9.17, 15) is 4.79 Å². The summed E-state index contributed by atoms with van der Waals surface area (Å²) in [4.78, 5) is 11.5. The lowest BCUT2D eigenvalue weighted by molar-refractivity contribution is -0.143. The summed E-state index contributed by atoms with van der Waals surface area (Å²) in [6.45, 7) is 3.52. The summed E-state index contributed by atoms with van der Waals surface area (Å²) in [5.41, 5.74) is 0. The first-order chi connectivity index (χ1) is 9.33. The van der Waals surface area contributed by atoms with E-state index in [1.165, 1.54) is 38.5 Å². The zero-order valence-electron chi connectivity index (χ0n) is 12.3. The zero-order chi connectivity index (χ0) is 13.8. The van der Waals surface area contributed by atoms with Crippen LogP contribution in [0.15, 0.2) is 12.2 Å². The van der Waals surface area contributed by atoms with Gasteiger partial charge in [0, 0.05) is 19.0 Å². The van der Waals surface area contributed by atoms with Gasteiger partial charge in [-0.25, -0.2) is 0 Å². The van der Waals surface area contributed by atoms with Gasteiger partial charge in [0.2, 0.25) is 0 Å². The number of hydrogen-bond donors (Lipinski definition) is 1. The summed E-state index contributed by atoms with van der Waals surface area (Å²) >= 11 is 0. The van der Waals surface area contributed by atoms with Crippen LogP contribution in [0.25, 0.3) is 0 Å². The highest BCUT2D eigenvalue weighted by Gasteiger charge is 2.07. The Hall–Kier alpha value is -0.830. The predicted molar refractivity (Wildman–Crippen MR) is 79.1 cm³/mol.